The first kappa shape index (κ1) is 14.8. The van der Waals surface area contributed by atoms with Crippen molar-refractivity contribution in [1.29, 1.82) is 0 Å². The minimum Gasteiger partial charge on any atom is -0.443 e. The fourth-order valence-electron chi connectivity index (χ4n) is 2.50. The molecule has 1 aliphatic carbocycles. The smallest absolute Gasteiger partial charge is 0.414 e. The lowest BCUT2D eigenvalue weighted by atomic mass is 9.98. The van der Waals surface area contributed by atoms with Crippen LogP contribution < -0.4 is 0 Å². The summed E-state index contributed by atoms with van der Waals surface area (Å²) in [7, 11) is 0. The SMILES string of the molecule is CC1CC=C(C2=CC(=O)CC2)N(C(=O)OC(C)(C)C)C1. The van der Waals surface area contributed by atoms with Crippen LogP contribution in [0.25, 0.3) is 0 Å². The second kappa shape index (κ2) is 5.43. The number of carbonyl (C=O) groups is 2. The summed E-state index contributed by atoms with van der Waals surface area (Å²) in [6.07, 6.45) is 5.60. The maximum absolute atomic E-state index is 12.4. The average molecular weight is 277 g/mol. The van der Waals surface area contributed by atoms with E-state index in [4.69, 9.17) is 4.74 Å². The number of rotatable bonds is 1. The Balaban J connectivity index is 2.22. The Morgan fingerprint density at radius 2 is 2.05 bits per heavy atom. The van der Waals surface area contributed by atoms with Gasteiger partial charge in [0.05, 0.1) is 0 Å². The number of ether oxygens (including phenoxy) is 1. The highest BCUT2D eigenvalue weighted by Gasteiger charge is 2.31. The molecule has 0 aromatic rings. The third-order valence-corrected chi connectivity index (χ3v) is 3.42. The maximum atomic E-state index is 12.4. The lowest BCUT2D eigenvalue weighted by Gasteiger charge is -2.34. The molecule has 0 bridgehead atoms. The van der Waals surface area contributed by atoms with Gasteiger partial charge in [0.15, 0.2) is 5.78 Å². The predicted molar refractivity (Wildman–Crippen MR) is 77.1 cm³/mol. The highest BCUT2D eigenvalue weighted by molar-refractivity contribution is 5.94. The van der Waals surface area contributed by atoms with Gasteiger partial charge in [-0.05, 0) is 51.2 Å². The third-order valence-electron chi connectivity index (χ3n) is 3.42. The van der Waals surface area contributed by atoms with Gasteiger partial charge >= 0.3 is 6.09 Å². The number of hydrogen-bond acceptors (Lipinski definition) is 3. The first-order chi connectivity index (χ1) is 9.26. The van der Waals surface area contributed by atoms with Gasteiger partial charge in [-0.1, -0.05) is 13.0 Å². The van der Waals surface area contributed by atoms with Crippen LogP contribution in [0.4, 0.5) is 4.79 Å². The van der Waals surface area contributed by atoms with Crippen molar-refractivity contribution in [3.63, 3.8) is 0 Å². The van der Waals surface area contributed by atoms with Crippen molar-refractivity contribution in [1.82, 2.24) is 4.90 Å². The Hall–Kier alpha value is -1.58. The van der Waals surface area contributed by atoms with Gasteiger partial charge in [-0.2, -0.15) is 0 Å². The van der Waals surface area contributed by atoms with Crippen molar-refractivity contribution in [2.24, 2.45) is 5.92 Å². The minimum absolute atomic E-state index is 0.142. The maximum Gasteiger partial charge on any atom is 0.414 e. The van der Waals surface area contributed by atoms with E-state index in [1.54, 1.807) is 11.0 Å². The molecule has 1 heterocycles. The normalized spacial score (nSPS) is 23.5. The Kier molecular flexibility index (Phi) is 4.02. The Morgan fingerprint density at radius 1 is 1.35 bits per heavy atom. The monoisotopic (exact) mass is 277 g/mol. The summed E-state index contributed by atoms with van der Waals surface area (Å²) in [5.74, 6) is 0.549. The van der Waals surface area contributed by atoms with Crippen molar-refractivity contribution >= 4 is 11.9 Å². The largest absolute Gasteiger partial charge is 0.443 e. The van der Waals surface area contributed by atoms with Crippen LogP contribution in [0.15, 0.2) is 23.4 Å². The van der Waals surface area contributed by atoms with E-state index in [0.717, 1.165) is 24.1 Å². The van der Waals surface area contributed by atoms with Crippen molar-refractivity contribution in [3.8, 4) is 0 Å². The molecule has 0 spiro atoms. The fourth-order valence-corrected chi connectivity index (χ4v) is 2.50. The van der Waals surface area contributed by atoms with Crippen LogP contribution in [0.2, 0.25) is 0 Å². The third kappa shape index (κ3) is 3.50. The second-order valence-electron chi connectivity index (χ2n) is 6.66. The zero-order chi connectivity index (χ0) is 14.9. The summed E-state index contributed by atoms with van der Waals surface area (Å²) >= 11 is 0. The van der Waals surface area contributed by atoms with Crippen molar-refractivity contribution in [3.05, 3.63) is 23.4 Å². The molecule has 1 unspecified atom stereocenters. The molecule has 110 valence electrons. The molecule has 4 nitrogen and oxygen atoms in total. The second-order valence-corrected chi connectivity index (χ2v) is 6.66. The molecule has 0 fully saturated rings. The molecule has 2 aliphatic rings. The van der Waals surface area contributed by atoms with Crippen LogP contribution in [-0.4, -0.2) is 28.9 Å². The lowest BCUT2D eigenvalue weighted by Crippen LogP contribution is -2.40. The molecule has 1 aliphatic heterocycles. The van der Waals surface area contributed by atoms with Gasteiger partial charge in [0.1, 0.15) is 5.60 Å². The van der Waals surface area contributed by atoms with Crippen LogP contribution >= 0.6 is 0 Å². The highest BCUT2D eigenvalue weighted by atomic mass is 16.6. The topological polar surface area (TPSA) is 46.6 Å². The zero-order valence-corrected chi connectivity index (χ0v) is 12.7. The first-order valence-corrected chi connectivity index (χ1v) is 7.21. The molecule has 0 saturated heterocycles. The summed E-state index contributed by atoms with van der Waals surface area (Å²) in [6.45, 7) is 8.34. The number of amides is 1. The number of carbonyl (C=O) groups excluding carboxylic acids is 2. The van der Waals surface area contributed by atoms with Gasteiger partial charge in [-0.15, -0.1) is 0 Å². The molecular weight excluding hydrogens is 254 g/mol. The van der Waals surface area contributed by atoms with Gasteiger partial charge in [0, 0.05) is 18.7 Å². The number of allylic oxidation sites excluding steroid dienone is 3. The van der Waals surface area contributed by atoms with E-state index < -0.39 is 5.60 Å². The van der Waals surface area contributed by atoms with E-state index in [1.165, 1.54) is 0 Å². The number of ketones is 1. The molecule has 1 atom stereocenters. The molecule has 20 heavy (non-hydrogen) atoms. The summed E-state index contributed by atoms with van der Waals surface area (Å²) in [6, 6.07) is 0. The van der Waals surface area contributed by atoms with Crippen molar-refractivity contribution in [2.45, 2.75) is 52.6 Å². The summed E-state index contributed by atoms with van der Waals surface area (Å²) in [4.78, 5) is 25.5. The van der Waals surface area contributed by atoms with Crippen LogP contribution in [0.1, 0.15) is 47.0 Å². The van der Waals surface area contributed by atoms with Gasteiger partial charge in [0.2, 0.25) is 0 Å². The lowest BCUT2D eigenvalue weighted by molar-refractivity contribution is -0.114. The van der Waals surface area contributed by atoms with Gasteiger partial charge < -0.3 is 4.74 Å². The Bertz CT molecular complexity index is 482. The Labute approximate surface area is 120 Å². The van der Waals surface area contributed by atoms with E-state index in [-0.39, 0.29) is 11.9 Å². The number of nitrogens with zero attached hydrogens (tertiary/aromatic N) is 1. The molecule has 0 aromatic carbocycles. The van der Waals surface area contributed by atoms with Gasteiger partial charge in [-0.25, -0.2) is 4.79 Å². The minimum atomic E-state index is -0.511. The van der Waals surface area contributed by atoms with Gasteiger partial charge in [-0.3, -0.25) is 9.69 Å². The van der Waals surface area contributed by atoms with E-state index in [2.05, 4.69) is 13.0 Å². The molecule has 0 aromatic heterocycles. The molecule has 2 rings (SSSR count). The fraction of sp³-hybridized carbons (Fsp3) is 0.625. The first-order valence-electron chi connectivity index (χ1n) is 7.21. The zero-order valence-electron chi connectivity index (χ0n) is 12.7. The summed E-state index contributed by atoms with van der Waals surface area (Å²) < 4.78 is 5.48. The van der Waals surface area contributed by atoms with E-state index in [1.807, 2.05) is 20.8 Å². The molecular formula is C16H23NO3. The quantitative estimate of drug-likeness (QED) is 0.737. The van der Waals surface area contributed by atoms with Crippen molar-refractivity contribution < 1.29 is 14.3 Å². The van der Waals surface area contributed by atoms with E-state index in [9.17, 15) is 9.59 Å². The molecule has 4 heteroatoms. The molecule has 1 amide bonds. The van der Waals surface area contributed by atoms with Gasteiger partial charge in [0.25, 0.3) is 0 Å². The van der Waals surface area contributed by atoms with Crippen LogP contribution in [0, 0.1) is 5.92 Å². The number of hydrogen-bond donors (Lipinski definition) is 0. The van der Waals surface area contributed by atoms with Crippen LogP contribution in [0.5, 0.6) is 0 Å². The predicted octanol–water partition coefficient (Wildman–Crippen LogP) is 3.44. The summed E-state index contributed by atoms with van der Waals surface area (Å²) in [5, 5.41) is 0. The molecule has 0 saturated carbocycles. The van der Waals surface area contributed by atoms with Crippen molar-refractivity contribution in [2.75, 3.05) is 6.54 Å². The van der Waals surface area contributed by atoms with E-state index >= 15 is 0 Å². The Morgan fingerprint density at radius 3 is 2.60 bits per heavy atom. The average Bonchev–Trinajstić information content (AvgIpc) is 2.73. The molecule has 0 N–H and O–H groups in total. The van der Waals surface area contributed by atoms with E-state index in [0.29, 0.717) is 18.9 Å². The van der Waals surface area contributed by atoms with Crippen LogP contribution in [0.3, 0.4) is 0 Å². The standard InChI is InChI=1S/C16H23NO3/c1-11-5-8-14(12-6-7-13(18)9-12)17(10-11)15(19)20-16(2,3)4/h8-9,11H,5-7,10H2,1-4H3. The molecule has 0 radical (unpaired) electrons. The highest BCUT2D eigenvalue weighted by Crippen LogP contribution is 2.31. The van der Waals surface area contributed by atoms with Crippen LogP contribution in [-0.2, 0) is 9.53 Å². The summed E-state index contributed by atoms with van der Waals surface area (Å²) in [5.41, 5.74) is 1.32.